The highest BCUT2D eigenvalue weighted by molar-refractivity contribution is 7.89. The summed E-state index contributed by atoms with van der Waals surface area (Å²) in [6, 6.07) is 23.3. The number of benzene rings is 3. The van der Waals surface area contributed by atoms with Gasteiger partial charge in [0.25, 0.3) is 0 Å². The van der Waals surface area contributed by atoms with Gasteiger partial charge in [-0.2, -0.15) is 0 Å². The monoisotopic (exact) mass is 435 g/mol. The van der Waals surface area contributed by atoms with Gasteiger partial charge >= 0.3 is 0 Å². The first-order chi connectivity index (χ1) is 14.9. The molecule has 3 N–H and O–H groups in total. The number of fused-ring (bicyclic) bond motifs is 1. The molecule has 4 aromatic rings. The van der Waals surface area contributed by atoms with Gasteiger partial charge in [0.15, 0.2) is 0 Å². The molecule has 4 rings (SSSR count). The number of rotatable bonds is 7. The first-order valence-electron chi connectivity index (χ1n) is 9.57. The standard InChI is InChI=1S/C23H21N3O4S/c24-31(28,29)21-9-6-19(7-10-21)25-23(27)15-26-13-12-18-14-20(8-11-22(18)26)30-16-17-4-2-1-3-5-17/h1-14H,15-16H2,(H,25,27)(H2,24,28,29). The predicted octanol–water partition coefficient (Wildman–Crippen LogP) is 3.51. The summed E-state index contributed by atoms with van der Waals surface area (Å²) in [6.07, 6.45) is 1.84. The number of sulfonamides is 1. The number of nitrogens with zero attached hydrogens (tertiary/aromatic N) is 1. The van der Waals surface area contributed by atoms with Gasteiger partial charge in [-0.15, -0.1) is 0 Å². The molecule has 0 unspecified atom stereocenters. The Bertz CT molecular complexity index is 1310. The highest BCUT2D eigenvalue weighted by Gasteiger charge is 2.10. The fraction of sp³-hybridized carbons (Fsp3) is 0.0870. The van der Waals surface area contributed by atoms with Crippen molar-refractivity contribution in [2.45, 2.75) is 18.0 Å². The average molecular weight is 436 g/mol. The minimum absolute atomic E-state index is 0.00723. The summed E-state index contributed by atoms with van der Waals surface area (Å²) < 4.78 is 30.3. The third kappa shape index (κ3) is 5.11. The number of carbonyl (C=O) groups is 1. The molecule has 8 heteroatoms. The zero-order valence-corrected chi connectivity index (χ0v) is 17.4. The molecule has 1 aromatic heterocycles. The molecule has 158 valence electrons. The van der Waals surface area contributed by atoms with E-state index in [1.807, 2.05) is 65.4 Å². The Morgan fingerprint density at radius 1 is 0.968 bits per heavy atom. The van der Waals surface area contributed by atoms with Crippen LogP contribution in [0.3, 0.4) is 0 Å². The summed E-state index contributed by atoms with van der Waals surface area (Å²) in [7, 11) is -3.76. The zero-order valence-electron chi connectivity index (χ0n) is 16.6. The lowest BCUT2D eigenvalue weighted by molar-refractivity contribution is -0.116. The molecule has 0 radical (unpaired) electrons. The molecular formula is C23H21N3O4S. The van der Waals surface area contributed by atoms with E-state index in [0.29, 0.717) is 12.3 Å². The van der Waals surface area contributed by atoms with Crippen LogP contribution in [0.2, 0.25) is 0 Å². The number of primary sulfonamides is 1. The van der Waals surface area contributed by atoms with Crippen LogP contribution >= 0.6 is 0 Å². The molecule has 7 nitrogen and oxygen atoms in total. The lowest BCUT2D eigenvalue weighted by Crippen LogP contribution is -2.18. The minimum Gasteiger partial charge on any atom is -0.489 e. The zero-order chi connectivity index (χ0) is 21.8. The number of hydrogen-bond acceptors (Lipinski definition) is 4. The molecule has 0 aliphatic heterocycles. The number of anilines is 1. The fourth-order valence-corrected chi connectivity index (χ4v) is 3.75. The number of ether oxygens (including phenoxy) is 1. The van der Waals surface area contributed by atoms with Crippen molar-refractivity contribution in [1.29, 1.82) is 0 Å². The number of hydrogen-bond donors (Lipinski definition) is 2. The summed E-state index contributed by atoms with van der Waals surface area (Å²) >= 11 is 0. The van der Waals surface area contributed by atoms with Crippen LogP contribution in [0, 0.1) is 0 Å². The van der Waals surface area contributed by atoms with Crippen molar-refractivity contribution in [3.05, 3.63) is 90.6 Å². The van der Waals surface area contributed by atoms with E-state index in [0.717, 1.165) is 22.2 Å². The van der Waals surface area contributed by atoms with Crippen molar-refractivity contribution in [2.75, 3.05) is 5.32 Å². The maximum atomic E-state index is 12.4. The fourth-order valence-electron chi connectivity index (χ4n) is 3.23. The van der Waals surface area contributed by atoms with E-state index in [1.165, 1.54) is 24.3 Å². The SMILES string of the molecule is NS(=O)(=O)c1ccc(NC(=O)Cn2ccc3cc(OCc4ccccc4)ccc32)cc1. The normalized spacial score (nSPS) is 11.4. The van der Waals surface area contributed by atoms with Gasteiger partial charge in [0.2, 0.25) is 15.9 Å². The molecule has 0 atom stereocenters. The first kappa shape index (κ1) is 20.6. The van der Waals surface area contributed by atoms with Gasteiger partial charge < -0.3 is 14.6 Å². The third-order valence-electron chi connectivity index (χ3n) is 4.77. The van der Waals surface area contributed by atoms with Crippen LogP contribution in [0.25, 0.3) is 10.9 Å². The topological polar surface area (TPSA) is 103 Å². The molecule has 3 aromatic carbocycles. The summed E-state index contributed by atoms with van der Waals surface area (Å²) in [6.45, 7) is 0.602. The summed E-state index contributed by atoms with van der Waals surface area (Å²) in [5.41, 5.74) is 2.49. The van der Waals surface area contributed by atoms with E-state index in [9.17, 15) is 13.2 Å². The van der Waals surface area contributed by atoms with E-state index >= 15 is 0 Å². The number of aromatic nitrogens is 1. The van der Waals surface area contributed by atoms with Gasteiger partial charge in [-0.1, -0.05) is 30.3 Å². The quantitative estimate of drug-likeness (QED) is 0.464. The molecule has 0 aliphatic rings. The van der Waals surface area contributed by atoms with Gasteiger partial charge in [0.1, 0.15) is 18.9 Å². The number of nitrogens with two attached hydrogens (primary N) is 1. The smallest absolute Gasteiger partial charge is 0.244 e. The molecule has 1 amide bonds. The molecular weight excluding hydrogens is 414 g/mol. The van der Waals surface area contributed by atoms with Crippen LogP contribution in [0.1, 0.15) is 5.56 Å². The van der Waals surface area contributed by atoms with Gasteiger partial charge in [-0.05, 0) is 54.1 Å². The molecule has 31 heavy (non-hydrogen) atoms. The number of nitrogens with one attached hydrogen (secondary N) is 1. The second kappa shape index (κ2) is 8.63. The van der Waals surface area contributed by atoms with Crippen molar-refractivity contribution in [3.63, 3.8) is 0 Å². The van der Waals surface area contributed by atoms with Crippen molar-refractivity contribution in [2.24, 2.45) is 5.14 Å². The molecule has 0 bridgehead atoms. The Morgan fingerprint density at radius 2 is 1.71 bits per heavy atom. The summed E-state index contributed by atoms with van der Waals surface area (Å²) in [5.74, 6) is 0.527. The number of amides is 1. The molecule has 0 saturated heterocycles. The van der Waals surface area contributed by atoms with Gasteiger partial charge in [-0.3, -0.25) is 4.79 Å². The second-order valence-corrected chi connectivity index (χ2v) is 8.62. The van der Waals surface area contributed by atoms with Crippen LogP contribution in [0.5, 0.6) is 5.75 Å². The van der Waals surface area contributed by atoms with Crippen molar-refractivity contribution in [3.8, 4) is 5.75 Å². The predicted molar refractivity (Wildman–Crippen MR) is 119 cm³/mol. The third-order valence-corrected chi connectivity index (χ3v) is 5.70. The molecule has 0 fully saturated rings. The highest BCUT2D eigenvalue weighted by atomic mass is 32.2. The maximum absolute atomic E-state index is 12.4. The van der Waals surface area contributed by atoms with E-state index in [-0.39, 0.29) is 17.3 Å². The highest BCUT2D eigenvalue weighted by Crippen LogP contribution is 2.23. The Kier molecular flexibility index (Phi) is 5.75. The first-order valence-corrected chi connectivity index (χ1v) is 11.1. The van der Waals surface area contributed by atoms with Crippen molar-refractivity contribution < 1.29 is 17.9 Å². The van der Waals surface area contributed by atoms with Crippen LogP contribution in [-0.2, 0) is 28.0 Å². The van der Waals surface area contributed by atoms with E-state index in [2.05, 4.69) is 5.32 Å². The van der Waals surface area contributed by atoms with Gasteiger partial charge in [-0.25, -0.2) is 13.6 Å². The molecule has 0 spiro atoms. The Morgan fingerprint density at radius 3 is 2.42 bits per heavy atom. The van der Waals surface area contributed by atoms with Crippen LogP contribution < -0.4 is 15.2 Å². The molecule has 1 heterocycles. The average Bonchev–Trinajstić information content (AvgIpc) is 3.14. The number of carbonyl (C=O) groups excluding carboxylic acids is 1. The van der Waals surface area contributed by atoms with E-state index in [4.69, 9.17) is 9.88 Å². The Balaban J connectivity index is 1.41. The lowest BCUT2D eigenvalue weighted by Gasteiger charge is -2.09. The van der Waals surface area contributed by atoms with E-state index < -0.39 is 10.0 Å². The second-order valence-electron chi connectivity index (χ2n) is 7.06. The van der Waals surface area contributed by atoms with Gasteiger partial charge in [0.05, 0.1) is 4.90 Å². The Hall–Kier alpha value is -3.62. The Labute approximate surface area is 180 Å². The molecule has 0 aliphatic carbocycles. The maximum Gasteiger partial charge on any atom is 0.244 e. The van der Waals surface area contributed by atoms with Gasteiger partial charge in [0, 0.05) is 22.8 Å². The molecule has 0 saturated carbocycles. The van der Waals surface area contributed by atoms with E-state index in [1.54, 1.807) is 0 Å². The van der Waals surface area contributed by atoms with Crippen molar-refractivity contribution in [1.82, 2.24) is 4.57 Å². The van der Waals surface area contributed by atoms with Crippen LogP contribution in [0.4, 0.5) is 5.69 Å². The largest absolute Gasteiger partial charge is 0.489 e. The summed E-state index contributed by atoms with van der Waals surface area (Å²) in [5, 5.41) is 8.80. The van der Waals surface area contributed by atoms with Crippen molar-refractivity contribution >= 4 is 32.5 Å². The lowest BCUT2D eigenvalue weighted by atomic mass is 10.2. The summed E-state index contributed by atoms with van der Waals surface area (Å²) in [4.78, 5) is 12.4. The minimum atomic E-state index is -3.76. The van der Waals surface area contributed by atoms with Crippen LogP contribution in [0.15, 0.2) is 90.0 Å². The van der Waals surface area contributed by atoms with Crippen LogP contribution in [-0.4, -0.2) is 18.9 Å².